The number of nitrogens with zero attached hydrogens (tertiary/aromatic N) is 3. The third-order valence-corrected chi connectivity index (χ3v) is 5.58. The van der Waals surface area contributed by atoms with E-state index in [0.29, 0.717) is 5.69 Å². The molecule has 2 aliphatic rings. The molecule has 140 valence electrons. The Morgan fingerprint density at radius 1 is 1.07 bits per heavy atom. The molecule has 1 aromatic carbocycles. The van der Waals surface area contributed by atoms with Gasteiger partial charge < -0.3 is 10.2 Å². The quantitative estimate of drug-likeness (QED) is 0.909. The number of benzene rings is 1. The van der Waals surface area contributed by atoms with Gasteiger partial charge in [-0.2, -0.15) is 0 Å². The molecule has 6 heteroatoms. The number of nitrogens with one attached hydrogen (secondary N) is 1. The molecule has 1 N–H and O–H groups in total. The molecule has 1 aromatic heterocycles. The number of hydrogen-bond acceptors (Lipinski definition) is 4. The van der Waals surface area contributed by atoms with E-state index in [-0.39, 0.29) is 29.9 Å². The van der Waals surface area contributed by atoms with Gasteiger partial charge in [0.15, 0.2) is 0 Å². The summed E-state index contributed by atoms with van der Waals surface area (Å²) in [6.45, 7) is 3.84. The summed E-state index contributed by atoms with van der Waals surface area (Å²) in [5.41, 5.74) is 2.97. The molecule has 6 nitrogen and oxygen atoms in total. The van der Waals surface area contributed by atoms with Crippen LogP contribution in [0.2, 0.25) is 0 Å². The maximum absolute atomic E-state index is 13.0. The summed E-state index contributed by atoms with van der Waals surface area (Å²) in [5.74, 6) is -0.0780. The number of carbonyl (C=O) groups excluding carboxylic acids is 2. The molecule has 1 unspecified atom stereocenters. The zero-order chi connectivity index (χ0) is 19.0. The Bertz CT molecular complexity index is 851. The van der Waals surface area contributed by atoms with Gasteiger partial charge >= 0.3 is 0 Å². The van der Waals surface area contributed by atoms with Crippen molar-refractivity contribution in [1.29, 1.82) is 0 Å². The fraction of sp³-hybridized carbons (Fsp3) is 0.429. The second kappa shape index (κ2) is 7.10. The van der Waals surface area contributed by atoms with Crippen LogP contribution in [-0.2, 0) is 0 Å². The molecule has 27 heavy (non-hydrogen) atoms. The minimum atomic E-state index is -0.189. The topological polar surface area (TPSA) is 75.2 Å². The Morgan fingerprint density at radius 3 is 2.44 bits per heavy atom. The average molecular weight is 364 g/mol. The van der Waals surface area contributed by atoms with E-state index < -0.39 is 0 Å². The molecule has 2 saturated heterocycles. The molecule has 0 saturated carbocycles. The van der Waals surface area contributed by atoms with E-state index in [0.717, 1.165) is 42.5 Å². The van der Waals surface area contributed by atoms with Gasteiger partial charge in [0.2, 0.25) is 0 Å². The minimum Gasteiger partial charge on any atom is -0.348 e. The number of aryl methyl sites for hydroxylation is 2. The van der Waals surface area contributed by atoms with Crippen LogP contribution in [0.4, 0.5) is 0 Å². The van der Waals surface area contributed by atoms with Crippen molar-refractivity contribution in [2.24, 2.45) is 0 Å². The third kappa shape index (κ3) is 3.56. The normalized spacial score (nSPS) is 23.9. The summed E-state index contributed by atoms with van der Waals surface area (Å²) in [6, 6.07) is 8.21. The number of hydrogen-bond donors (Lipinski definition) is 1. The molecule has 0 radical (unpaired) electrons. The lowest BCUT2D eigenvalue weighted by Crippen LogP contribution is -2.52. The molecule has 2 aliphatic heterocycles. The number of piperidine rings is 1. The SMILES string of the molecule is Cc1cccc(C(=O)N2[C@@H]3CC[C@H]2CC(NC(=O)c2cnc(C)cn2)C3)c1. The number of carbonyl (C=O) groups is 2. The molecule has 0 spiro atoms. The fourth-order valence-corrected chi connectivity index (χ4v) is 4.32. The molecule has 2 bridgehead atoms. The van der Waals surface area contributed by atoms with Crippen molar-refractivity contribution in [2.75, 3.05) is 0 Å². The largest absolute Gasteiger partial charge is 0.348 e. The van der Waals surface area contributed by atoms with Crippen molar-refractivity contribution in [1.82, 2.24) is 20.2 Å². The van der Waals surface area contributed by atoms with Crippen LogP contribution in [0.5, 0.6) is 0 Å². The van der Waals surface area contributed by atoms with E-state index in [9.17, 15) is 9.59 Å². The van der Waals surface area contributed by atoms with Crippen LogP contribution in [0, 0.1) is 13.8 Å². The van der Waals surface area contributed by atoms with Gasteiger partial charge in [-0.3, -0.25) is 14.6 Å². The monoisotopic (exact) mass is 364 g/mol. The van der Waals surface area contributed by atoms with Gasteiger partial charge in [-0.05, 0) is 51.7 Å². The van der Waals surface area contributed by atoms with E-state index in [4.69, 9.17) is 0 Å². The second-order valence-electron chi connectivity index (χ2n) is 7.65. The highest BCUT2D eigenvalue weighted by atomic mass is 16.2. The smallest absolute Gasteiger partial charge is 0.271 e. The first-order valence-electron chi connectivity index (χ1n) is 9.50. The van der Waals surface area contributed by atoms with Crippen molar-refractivity contribution in [2.45, 2.75) is 57.7 Å². The molecular weight excluding hydrogens is 340 g/mol. The van der Waals surface area contributed by atoms with Crippen molar-refractivity contribution in [3.05, 3.63) is 59.2 Å². The Kier molecular flexibility index (Phi) is 4.64. The highest BCUT2D eigenvalue weighted by Gasteiger charge is 2.43. The van der Waals surface area contributed by atoms with E-state index in [1.807, 2.05) is 43.0 Å². The van der Waals surface area contributed by atoms with Gasteiger partial charge in [0.1, 0.15) is 5.69 Å². The molecule has 0 aliphatic carbocycles. The summed E-state index contributed by atoms with van der Waals surface area (Å²) in [5, 5.41) is 3.08. The number of rotatable bonds is 3. The molecule has 2 fully saturated rings. The Balaban J connectivity index is 1.43. The van der Waals surface area contributed by atoms with Crippen LogP contribution in [0.15, 0.2) is 36.7 Å². The zero-order valence-corrected chi connectivity index (χ0v) is 15.7. The van der Waals surface area contributed by atoms with Gasteiger partial charge in [0, 0.05) is 29.9 Å². The van der Waals surface area contributed by atoms with Crippen molar-refractivity contribution in [3.8, 4) is 0 Å². The maximum Gasteiger partial charge on any atom is 0.271 e. The second-order valence-corrected chi connectivity index (χ2v) is 7.65. The Morgan fingerprint density at radius 2 is 1.81 bits per heavy atom. The third-order valence-electron chi connectivity index (χ3n) is 5.58. The van der Waals surface area contributed by atoms with Crippen LogP contribution in [0.1, 0.15) is 57.8 Å². The predicted molar refractivity (Wildman–Crippen MR) is 101 cm³/mol. The van der Waals surface area contributed by atoms with Crippen LogP contribution < -0.4 is 5.32 Å². The molecular formula is C21H24N4O2. The lowest BCUT2D eigenvalue weighted by Gasteiger charge is -2.39. The summed E-state index contributed by atoms with van der Waals surface area (Å²) < 4.78 is 0. The summed E-state index contributed by atoms with van der Waals surface area (Å²) >= 11 is 0. The van der Waals surface area contributed by atoms with Gasteiger partial charge in [-0.1, -0.05) is 17.7 Å². The van der Waals surface area contributed by atoms with E-state index >= 15 is 0 Å². The lowest BCUT2D eigenvalue weighted by molar-refractivity contribution is 0.0549. The standard InChI is InChI=1S/C21H24N4O2/c1-13-4-3-5-15(8-13)21(27)25-17-6-7-18(25)10-16(9-17)24-20(26)19-12-22-14(2)11-23-19/h3-5,8,11-12,16-18H,6-7,9-10H2,1-2H3,(H,24,26)/t16?,17-,18+. The van der Waals surface area contributed by atoms with Crippen LogP contribution >= 0.6 is 0 Å². The van der Waals surface area contributed by atoms with Crippen LogP contribution in [-0.4, -0.2) is 44.8 Å². The van der Waals surface area contributed by atoms with Gasteiger partial charge in [0.05, 0.1) is 11.9 Å². The van der Waals surface area contributed by atoms with Crippen LogP contribution in [0.25, 0.3) is 0 Å². The predicted octanol–water partition coefficient (Wildman–Crippen LogP) is 2.66. The summed E-state index contributed by atoms with van der Waals surface area (Å²) in [7, 11) is 0. The Hall–Kier alpha value is -2.76. The van der Waals surface area contributed by atoms with E-state index in [1.165, 1.54) is 6.20 Å². The van der Waals surface area contributed by atoms with Gasteiger partial charge in [-0.25, -0.2) is 4.98 Å². The number of amides is 2. The number of fused-ring (bicyclic) bond motifs is 2. The molecule has 2 aromatic rings. The highest BCUT2D eigenvalue weighted by molar-refractivity contribution is 5.95. The molecule has 2 amide bonds. The first-order valence-corrected chi connectivity index (χ1v) is 9.50. The van der Waals surface area contributed by atoms with Crippen molar-refractivity contribution < 1.29 is 9.59 Å². The maximum atomic E-state index is 13.0. The van der Waals surface area contributed by atoms with Crippen molar-refractivity contribution >= 4 is 11.8 Å². The first kappa shape index (κ1) is 17.6. The van der Waals surface area contributed by atoms with Crippen LogP contribution in [0.3, 0.4) is 0 Å². The first-order chi connectivity index (χ1) is 13.0. The molecule has 3 heterocycles. The van der Waals surface area contributed by atoms with Crippen molar-refractivity contribution in [3.63, 3.8) is 0 Å². The number of aromatic nitrogens is 2. The fourth-order valence-electron chi connectivity index (χ4n) is 4.32. The molecule has 4 rings (SSSR count). The highest BCUT2D eigenvalue weighted by Crippen LogP contribution is 2.37. The average Bonchev–Trinajstić information content (AvgIpc) is 2.92. The van der Waals surface area contributed by atoms with Gasteiger partial charge in [0.25, 0.3) is 11.8 Å². The molecule has 3 atom stereocenters. The summed E-state index contributed by atoms with van der Waals surface area (Å²) in [6.07, 6.45) is 6.69. The summed E-state index contributed by atoms with van der Waals surface area (Å²) in [4.78, 5) is 35.8. The zero-order valence-electron chi connectivity index (χ0n) is 15.7. The van der Waals surface area contributed by atoms with E-state index in [1.54, 1.807) is 6.20 Å². The lowest BCUT2D eigenvalue weighted by atomic mass is 9.96. The van der Waals surface area contributed by atoms with Gasteiger partial charge in [-0.15, -0.1) is 0 Å². The minimum absolute atomic E-state index is 0.0691. The van der Waals surface area contributed by atoms with E-state index in [2.05, 4.69) is 15.3 Å². The Labute approximate surface area is 159 Å².